The summed E-state index contributed by atoms with van der Waals surface area (Å²) in [7, 11) is 0. The Kier molecular flexibility index (Phi) is 4.26. The molecule has 0 radical (unpaired) electrons. The maximum absolute atomic E-state index is 4.25. The molecule has 2 saturated carbocycles. The summed E-state index contributed by atoms with van der Waals surface area (Å²) >= 11 is 1.99. The van der Waals surface area contributed by atoms with Crippen molar-refractivity contribution >= 4 is 11.9 Å². The summed E-state index contributed by atoms with van der Waals surface area (Å²) in [5.74, 6) is 1.49. The number of hydrogen-bond acceptors (Lipinski definition) is 2. The first-order valence-corrected chi connectivity index (χ1v) is 8.90. The lowest BCUT2D eigenvalue weighted by Gasteiger charge is -2.17. The molecule has 106 valence electrons. The van der Waals surface area contributed by atoms with Gasteiger partial charge in [-0.1, -0.05) is 44.4 Å². The van der Waals surface area contributed by atoms with E-state index in [2.05, 4.69) is 23.5 Å². The van der Waals surface area contributed by atoms with Crippen molar-refractivity contribution in [2.45, 2.75) is 69.0 Å². The van der Waals surface area contributed by atoms with Crippen LogP contribution in [-0.4, -0.2) is 4.75 Å². The van der Waals surface area contributed by atoms with Gasteiger partial charge in [-0.2, -0.15) is 0 Å². The molecule has 2 fully saturated rings. The zero-order chi connectivity index (χ0) is 13.1. The zero-order valence-corrected chi connectivity index (χ0v) is 12.8. The van der Waals surface area contributed by atoms with Gasteiger partial charge in [-0.3, -0.25) is 0 Å². The highest BCUT2D eigenvalue weighted by Gasteiger charge is 2.44. The molecular weight excluding hydrogens is 250 g/mol. The SMILES string of the molecule is C=C1NSC2(CCCCCCC/C=C/[C@@H]3CC13)CC2. The van der Waals surface area contributed by atoms with Crippen LogP contribution in [0.4, 0.5) is 0 Å². The summed E-state index contributed by atoms with van der Waals surface area (Å²) in [6.45, 7) is 4.25. The van der Waals surface area contributed by atoms with Gasteiger partial charge in [-0.15, -0.1) is 0 Å². The van der Waals surface area contributed by atoms with Crippen molar-refractivity contribution in [3.63, 3.8) is 0 Å². The highest BCUT2D eigenvalue weighted by molar-refractivity contribution is 7.99. The molecule has 1 spiro atoms. The second kappa shape index (κ2) is 5.95. The fourth-order valence-corrected chi connectivity index (χ4v) is 4.18. The Balaban J connectivity index is 1.53. The average molecular weight is 277 g/mol. The topological polar surface area (TPSA) is 12.0 Å². The van der Waals surface area contributed by atoms with Gasteiger partial charge in [0, 0.05) is 16.4 Å². The molecular formula is C17H27NS. The molecule has 1 heterocycles. The molecule has 0 amide bonds. The molecule has 3 rings (SSSR count). The smallest absolute Gasteiger partial charge is 0.0358 e. The lowest BCUT2D eigenvalue weighted by Crippen LogP contribution is -2.14. The van der Waals surface area contributed by atoms with Crippen LogP contribution < -0.4 is 4.72 Å². The van der Waals surface area contributed by atoms with Crippen LogP contribution in [0.25, 0.3) is 0 Å². The van der Waals surface area contributed by atoms with E-state index in [1.54, 1.807) is 0 Å². The van der Waals surface area contributed by atoms with E-state index in [4.69, 9.17) is 0 Å². The molecule has 1 aliphatic heterocycles. The maximum atomic E-state index is 4.25. The molecule has 19 heavy (non-hydrogen) atoms. The standard InChI is InChI=1S/C17H27NS/c1-14-16-13-15(16)9-7-5-3-2-4-6-8-10-17(11-12-17)19-18-14/h7,9,15-16,18H,1-6,8,10-13H2/b9-7+/t15-,16?/m1/s1. The van der Waals surface area contributed by atoms with Crippen molar-refractivity contribution < 1.29 is 0 Å². The normalized spacial score (nSPS) is 36.5. The average Bonchev–Trinajstić information content (AvgIpc) is 3.30. The van der Waals surface area contributed by atoms with Gasteiger partial charge in [0.1, 0.15) is 0 Å². The minimum Gasteiger partial charge on any atom is -0.333 e. The minimum atomic E-state index is 0.573. The molecule has 0 aromatic carbocycles. The van der Waals surface area contributed by atoms with E-state index >= 15 is 0 Å². The lowest BCUT2D eigenvalue weighted by molar-refractivity contribution is 0.585. The number of allylic oxidation sites excluding steroid dienone is 3. The van der Waals surface area contributed by atoms with Crippen molar-refractivity contribution in [2.75, 3.05) is 0 Å². The largest absolute Gasteiger partial charge is 0.333 e. The summed E-state index contributed by atoms with van der Waals surface area (Å²) in [5.41, 5.74) is 1.28. The van der Waals surface area contributed by atoms with Gasteiger partial charge in [0.2, 0.25) is 0 Å². The van der Waals surface area contributed by atoms with E-state index in [-0.39, 0.29) is 0 Å². The van der Waals surface area contributed by atoms with E-state index in [9.17, 15) is 0 Å². The van der Waals surface area contributed by atoms with Crippen LogP contribution in [0, 0.1) is 11.8 Å². The van der Waals surface area contributed by atoms with Crippen LogP contribution in [0.3, 0.4) is 0 Å². The Morgan fingerprint density at radius 3 is 2.74 bits per heavy atom. The van der Waals surface area contributed by atoms with Crippen molar-refractivity contribution in [3.05, 3.63) is 24.4 Å². The van der Waals surface area contributed by atoms with Crippen LogP contribution in [0.15, 0.2) is 24.4 Å². The van der Waals surface area contributed by atoms with Crippen LogP contribution in [0.5, 0.6) is 0 Å². The van der Waals surface area contributed by atoms with Crippen LogP contribution >= 0.6 is 11.9 Å². The predicted molar refractivity (Wildman–Crippen MR) is 84.9 cm³/mol. The van der Waals surface area contributed by atoms with Gasteiger partial charge in [-0.05, 0) is 56.4 Å². The number of nitrogens with one attached hydrogen (secondary N) is 1. The summed E-state index contributed by atoms with van der Waals surface area (Å²) < 4.78 is 4.16. The first-order chi connectivity index (χ1) is 9.29. The van der Waals surface area contributed by atoms with Gasteiger partial charge >= 0.3 is 0 Å². The molecule has 1 N–H and O–H groups in total. The molecule has 0 bridgehead atoms. The second-order valence-electron chi connectivity index (χ2n) is 6.65. The third kappa shape index (κ3) is 3.81. The lowest BCUT2D eigenvalue weighted by atomic mass is 10.1. The summed E-state index contributed by atoms with van der Waals surface area (Å²) in [4.78, 5) is 0. The second-order valence-corrected chi connectivity index (χ2v) is 7.93. The monoisotopic (exact) mass is 277 g/mol. The van der Waals surface area contributed by atoms with Crippen LogP contribution in [0.1, 0.15) is 64.2 Å². The third-order valence-electron chi connectivity index (χ3n) is 4.88. The van der Waals surface area contributed by atoms with E-state index in [0.29, 0.717) is 10.7 Å². The fourth-order valence-electron chi connectivity index (χ4n) is 3.13. The Morgan fingerprint density at radius 2 is 1.89 bits per heavy atom. The van der Waals surface area contributed by atoms with E-state index in [1.165, 1.54) is 69.9 Å². The van der Waals surface area contributed by atoms with Gasteiger partial charge in [0.05, 0.1) is 0 Å². The number of hydrogen-bond donors (Lipinski definition) is 1. The van der Waals surface area contributed by atoms with Crippen molar-refractivity contribution in [1.29, 1.82) is 0 Å². The van der Waals surface area contributed by atoms with Crippen LogP contribution in [0.2, 0.25) is 0 Å². The van der Waals surface area contributed by atoms with Crippen LogP contribution in [-0.2, 0) is 0 Å². The van der Waals surface area contributed by atoms with Gasteiger partial charge in [0.15, 0.2) is 0 Å². The van der Waals surface area contributed by atoms with E-state index in [1.807, 2.05) is 11.9 Å². The minimum absolute atomic E-state index is 0.573. The first kappa shape index (κ1) is 13.6. The molecule has 0 aromatic rings. The quantitative estimate of drug-likeness (QED) is 0.482. The highest BCUT2D eigenvalue weighted by atomic mass is 32.2. The van der Waals surface area contributed by atoms with Crippen molar-refractivity contribution in [1.82, 2.24) is 4.72 Å². The Labute approximate surface area is 122 Å². The third-order valence-corrected chi connectivity index (χ3v) is 6.29. The molecule has 1 unspecified atom stereocenters. The summed E-state index contributed by atoms with van der Waals surface area (Å²) in [6.07, 6.45) is 18.8. The van der Waals surface area contributed by atoms with E-state index < -0.39 is 0 Å². The Hall–Kier alpha value is -0.370. The maximum Gasteiger partial charge on any atom is 0.0358 e. The Bertz CT molecular complexity index is 356. The molecule has 2 aliphatic carbocycles. The molecule has 3 aliphatic rings. The summed E-state index contributed by atoms with van der Waals surface area (Å²) in [6, 6.07) is 0. The van der Waals surface area contributed by atoms with Gasteiger partial charge in [0.25, 0.3) is 0 Å². The number of fused-ring (bicyclic) bond motifs is 1. The molecule has 0 saturated heterocycles. The predicted octanol–water partition coefficient (Wildman–Crippen LogP) is 5.21. The van der Waals surface area contributed by atoms with Gasteiger partial charge < -0.3 is 4.72 Å². The molecule has 2 heteroatoms. The fraction of sp³-hybridized carbons (Fsp3) is 0.765. The first-order valence-electron chi connectivity index (χ1n) is 8.09. The Morgan fingerprint density at radius 1 is 1.11 bits per heavy atom. The molecule has 0 aromatic heterocycles. The number of rotatable bonds is 0. The molecule has 2 atom stereocenters. The zero-order valence-electron chi connectivity index (χ0n) is 12.0. The highest BCUT2D eigenvalue weighted by Crippen LogP contribution is 2.52. The molecule has 1 nitrogen and oxygen atoms in total. The summed E-state index contributed by atoms with van der Waals surface area (Å²) in [5, 5.41) is 0. The van der Waals surface area contributed by atoms with E-state index in [0.717, 1.165) is 5.92 Å². The van der Waals surface area contributed by atoms with Gasteiger partial charge in [-0.25, -0.2) is 0 Å². The van der Waals surface area contributed by atoms with Crippen molar-refractivity contribution in [3.8, 4) is 0 Å². The van der Waals surface area contributed by atoms with Crippen molar-refractivity contribution in [2.24, 2.45) is 11.8 Å².